The Bertz CT molecular complexity index is 559. The lowest BCUT2D eigenvalue weighted by molar-refractivity contribution is -0.143. The molecule has 140 valence electrons. The maximum atomic E-state index is 13.5. The van der Waals surface area contributed by atoms with Gasteiger partial charge in [0.15, 0.2) is 0 Å². The van der Waals surface area contributed by atoms with Crippen molar-refractivity contribution in [1.82, 2.24) is 10.2 Å². The molecule has 0 radical (unpaired) electrons. The molecule has 3 rings (SSSR count). The predicted octanol–water partition coefficient (Wildman–Crippen LogP) is 2.75. The molecule has 0 aliphatic carbocycles. The summed E-state index contributed by atoms with van der Waals surface area (Å²) < 4.78 is 18.9. The molecule has 2 heterocycles. The zero-order valence-corrected chi connectivity index (χ0v) is 15.6. The molecule has 0 aromatic heterocycles. The van der Waals surface area contributed by atoms with Gasteiger partial charge in [0.25, 0.3) is 0 Å². The third-order valence-corrected chi connectivity index (χ3v) is 5.45. The van der Waals surface area contributed by atoms with E-state index in [1.807, 2.05) is 11.9 Å². The molecule has 2 aliphatic rings. The lowest BCUT2D eigenvalue weighted by Crippen LogP contribution is -2.53. The van der Waals surface area contributed by atoms with Gasteiger partial charge in [0.1, 0.15) is 5.82 Å². The summed E-state index contributed by atoms with van der Waals surface area (Å²) in [5.41, 5.74) is 0.362. The normalized spacial score (nSPS) is 23.0. The minimum Gasteiger partial charge on any atom is -0.381 e. The summed E-state index contributed by atoms with van der Waals surface area (Å²) >= 11 is 0. The van der Waals surface area contributed by atoms with Crippen molar-refractivity contribution in [3.8, 4) is 0 Å². The van der Waals surface area contributed by atoms with Gasteiger partial charge in [0, 0.05) is 26.3 Å². The molecular weight excluding hydrogens is 343 g/mol. The van der Waals surface area contributed by atoms with Crippen LogP contribution in [0.25, 0.3) is 0 Å². The number of ether oxygens (including phenoxy) is 1. The number of rotatable bonds is 4. The molecule has 1 N–H and O–H groups in total. The molecule has 4 nitrogen and oxygen atoms in total. The minimum absolute atomic E-state index is 0. The molecule has 2 aliphatic heterocycles. The average Bonchev–Trinajstić information content (AvgIpc) is 2.63. The molecule has 1 amide bonds. The first-order chi connectivity index (χ1) is 11.7. The second kappa shape index (κ2) is 8.97. The molecule has 0 saturated carbocycles. The number of likely N-dealkylation sites (tertiary alicyclic amines) is 1. The van der Waals surface area contributed by atoms with E-state index in [2.05, 4.69) is 5.32 Å². The van der Waals surface area contributed by atoms with Crippen molar-refractivity contribution >= 4 is 18.3 Å². The molecule has 1 aromatic rings. The van der Waals surface area contributed by atoms with Crippen LogP contribution in [0.1, 0.15) is 31.2 Å². The maximum Gasteiger partial charge on any atom is 0.233 e. The molecular formula is C19H28ClFN2O2. The Labute approximate surface area is 155 Å². The highest BCUT2D eigenvalue weighted by Crippen LogP contribution is 2.38. The molecule has 2 saturated heterocycles. The number of amides is 1. The number of hydrogen-bond donors (Lipinski definition) is 1. The summed E-state index contributed by atoms with van der Waals surface area (Å²) in [6, 6.07) is 6.46. The third kappa shape index (κ3) is 4.33. The second-order valence-electron chi connectivity index (χ2n) is 7.02. The lowest BCUT2D eigenvalue weighted by Gasteiger charge is -2.42. The van der Waals surface area contributed by atoms with Crippen LogP contribution in [-0.4, -0.2) is 50.7 Å². The Kier molecular flexibility index (Phi) is 7.23. The van der Waals surface area contributed by atoms with E-state index in [9.17, 15) is 9.18 Å². The summed E-state index contributed by atoms with van der Waals surface area (Å²) in [4.78, 5) is 15.5. The minimum atomic E-state index is -0.562. The number of hydrogen-bond acceptors (Lipinski definition) is 3. The fourth-order valence-electron chi connectivity index (χ4n) is 4.12. The Balaban J connectivity index is 0.00000225. The van der Waals surface area contributed by atoms with Crippen LogP contribution in [0.4, 0.5) is 4.39 Å². The van der Waals surface area contributed by atoms with Gasteiger partial charge >= 0.3 is 0 Å². The Morgan fingerprint density at radius 3 is 2.64 bits per heavy atom. The van der Waals surface area contributed by atoms with E-state index < -0.39 is 5.41 Å². The number of benzene rings is 1. The van der Waals surface area contributed by atoms with Gasteiger partial charge in [-0.1, -0.05) is 12.1 Å². The standard InChI is InChI=1S/C19H27FN2O2.ClH/c1-21-13-15-3-2-10-22(14-15)18(23)19(8-11-24-12-9-19)16-4-6-17(20)7-5-16;/h4-7,15,21H,2-3,8-14H2,1H3;1H. The third-order valence-electron chi connectivity index (χ3n) is 5.45. The number of halogens is 2. The van der Waals surface area contributed by atoms with Crippen LogP contribution in [-0.2, 0) is 14.9 Å². The lowest BCUT2D eigenvalue weighted by atomic mass is 9.72. The Morgan fingerprint density at radius 2 is 2.00 bits per heavy atom. The SMILES string of the molecule is CNCC1CCCN(C(=O)C2(c3ccc(F)cc3)CCOCC2)C1.Cl. The number of carbonyl (C=O) groups excluding carboxylic acids is 1. The highest BCUT2D eigenvalue weighted by molar-refractivity contribution is 5.88. The number of nitrogens with one attached hydrogen (secondary N) is 1. The smallest absolute Gasteiger partial charge is 0.233 e. The molecule has 1 unspecified atom stereocenters. The largest absolute Gasteiger partial charge is 0.381 e. The van der Waals surface area contributed by atoms with E-state index in [0.29, 0.717) is 32.0 Å². The van der Waals surface area contributed by atoms with Crippen LogP contribution < -0.4 is 5.32 Å². The summed E-state index contributed by atoms with van der Waals surface area (Å²) in [5.74, 6) is 0.441. The Morgan fingerprint density at radius 1 is 1.32 bits per heavy atom. The highest BCUT2D eigenvalue weighted by Gasteiger charge is 2.44. The van der Waals surface area contributed by atoms with Gasteiger partial charge < -0.3 is 15.0 Å². The van der Waals surface area contributed by atoms with Crippen LogP contribution in [0.2, 0.25) is 0 Å². The van der Waals surface area contributed by atoms with Crippen LogP contribution in [0.3, 0.4) is 0 Å². The quantitative estimate of drug-likeness (QED) is 0.886. The van der Waals surface area contributed by atoms with Crippen molar-refractivity contribution in [3.05, 3.63) is 35.6 Å². The monoisotopic (exact) mass is 370 g/mol. The first-order valence-corrected chi connectivity index (χ1v) is 8.93. The molecule has 6 heteroatoms. The molecule has 1 atom stereocenters. The van der Waals surface area contributed by atoms with Gasteiger partial charge in [-0.2, -0.15) is 0 Å². The molecule has 0 bridgehead atoms. The van der Waals surface area contributed by atoms with Crippen LogP contribution in [0.15, 0.2) is 24.3 Å². The summed E-state index contributed by atoms with van der Waals surface area (Å²) in [6.45, 7) is 3.73. The van der Waals surface area contributed by atoms with E-state index in [-0.39, 0.29) is 24.1 Å². The van der Waals surface area contributed by atoms with Crippen LogP contribution in [0, 0.1) is 11.7 Å². The zero-order chi connectivity index (χ0) is 17.0. The topological polar surface area (TPSA) is 41.6 Å². The maximum absolute atomic E-state index is 13.5. The van der Waals surface area contributed by atoms with Crippen molar-refractivity contribution in [2.75, 3.05) is 39.9 Å². The van der Waals surface area contributed by atoms with E-state index >= 15 is 0 Å². The fourth-order valence-corrected chi connectivity index (χ4v) is 4.12. The van der Waals surface area contributed by atoms with Crippen LogP contribution in [0.5, 0.6) is 0 Å². The average molecular weight is 371 g/mol. The van der Waals surface area contributed by atoms with Gasteiger partial charge in [0.05, 0.1) is 5.41 Å². The van der Waals surface area contributed by atoms with Crippen LogP contribution >= 0.6 is 12.4 Å². The van der Waals surface area contributed by atoms with Gasteiger partial charge in [-0.15, -0.1) is 12.4 Å². The summed E-state index contributed by atoms with van der Waals surface area (Å²) in [5, 5.41) is 3.22. The van der Waals surface area contributed by atoms with Gasteiger partial charge in [0.2, 0.25) is 5.91 Å². The molecule has 2 fully saturated rings. The second-order valence-corrected chi connectivity index (χ2v) is 7.02. The molecule has 25 heavy (non-hydrogen) atoms. The van der Waals surface area contributed by atoms with Crippen molar-refractivity contribution in [1.29, 1.82) is 0 Å². The molecule has 0 spiro atoms. The molecule has 1 aromatic carbocycles. The predicted molar refractivity (Wildman–Crippen MR) is 98.6 cm³/mol. The van der Waals surface area contributed by atoms with E-state index in [1.165, 1.54) is 12.1 Å². The first kappa shape index (κ1) is 20.1. The van der Waals surface area contributed by atoms with Gasteiger partial charge in [-0.3, -0.25) is 4.79 Å². The zero-order valence-electron chi connectivity index (χ0n) is 14.8. The van der Waals surface area contributed by atoms with Gasteiger partial charge in [-0.25, -0.2) is 4.39 Å². The number of nitrogens with zero attached hydrogens (tertiary/aromatic N) is 1. The fraction of sp³-hybridized carbons (Fsp3) is 0.632. The summed E-state index contributed by atoms with van der Waals surface area (Å²) in [6.07, 6.45) is 3.56. The van der Waals surface area contributed by atoms with Crippen molar-refractivity contribution in [3.63, 3.8) is 0 Å². The Hall–Kier alpha value is -1.17. The first-order valence-electron chi connectivity index (χ1n) is 8.93. The van der Waals surface area contributed by atoms with E-state index in [0.717, 1.165) is 38.0 Å². The summed E-state index contributed by atoms with van der Waals surface area (Å²) in [7, 11) is 1.96. The van der Waals surface area contributed by atoms with E-state index in [4.69, 9.17) is 4.74 Å². The van der Waals surface area contributed by atoms with Crippen molar-refractivity contribution in [2.45, 2.75) is 31.1 Å². The van der Waals surface area contributed by atoms with Crippen molar-refractivity contribution < 1.29 is 13.9 Å². The highest BCUT2D eigenvalue weighted by atomic mass is 35.5. The van der Waals surface area contributed by atoms with E-state index in [1.54, 1.807) is 12.1 Å². The van der Waals surface area contributed by atoms with Crippen molar-refractivity contribution in [2.24, 2.45) is 5.92 Å². The number of piperidine rings is 1. The number of carbonyl (C=O) groups is 1. The van der Waals surface area contributed by atoms with Gasteiger partial charge in [-0.05, 0) is 62.9 Å².